The number of aromatic nitrogens is 2. The lowest BCUT2D eigenvalue weighted by molar-refractivity contribution is 0.0846. The van der Waals surface area contributed by atoms with E-state index in [0.29, 0.717) is 54.2 Å². The van der Waals surface area contributed by atoms with Crippen LogP contribution in [-0.4, -0.2) is 119 Å². The first kappa shape index (κ1) is 53.4. The molecule has 8 rings (SSSR count). The molecule has 4 saturated heterocycles. The maximum atomic E-state index is 13.7. The number of sulfonamides is 1. The third-order valence-electron chi connectivity index (χ3n) is 14.5. The molecule has 70 heavy (non-hydrogen) atoms. The summed E-state index contributed by atoms with van der Waals surface area (Å²) in [5.41, 5.74) is 7.56. The molecule has 16 nitrogen and oxygen atoms in total. The molecule has 5 N–H and O–H groups in total. The van der Waals surface area contributed by atoms with Crippen molar-refractivity contribution in [1.82, 2.24) is 30.2 Å². The van der Waals surface area contributed by atoms with Crippen LogP contribution in [0.4, 0.5) is 10.0 Å². The van der Waals surface area contributed by atoms with Crippen LogP contribution in [-0.2, 0) is 32.6 Å². The van der Waals surface area contributed by atoms with Gasteiger partial charge < -0.3 is 45.2 Å². The lowest BCUT2D eigenvalue weighted by Crippen LogP contribution is -2.39. The topological polar surface area (TPSA) is 198 Å². The molecule has 0 aliphatic carbocycles. The van der Waals surface area contributed by atoms with Gasteiger partial charge in [0.2, 0.25) is 10.0 Å². The number of nitrogens with zero attached hydrogens (tertiary/aromatic N) is 3. The van der Waals surface area contributed by atoms with Gasteiger partial charge in [-0.25, -0.2) is 12.7 Å². The minimum Gasteiger partial charge on any atom is -0.381 e. The highest BCUT2D eigenvalue weighted by atomic mass is 32.2. The summed E-state index contributed by atoms with van der Waals surface area (Å²) < 4.78 is 37.1. The summed E-state index contributed by atoms with van der Waals surface area (Å²) in [6.07, 6.45) is 6.85. The van der Waals surface area contributed by atoms with Crippen LogP contribution in [0.25, 0.3) is 0 Å². The summed E-state index contributed by atoms with van der Waals surface area (Å²) in [6.45, 7) is 23.7. The van der Waals surface area contributed by atoms with Crippen LogP contribution in [0.1, 0.15) is 139 Å². The zero-order valence-corrected chi connectivity index (χ0v) is 45.0. The van der Waals surface area contributed by atoms with Gasteiger partial charge >= 0.3 is 0 Å². The Kier molecular flexibility index (Phi) is 17.9. The SMILES string of the molecule is CCN(c1sc(C2CCN(S(C)(=O)=O)C2)c(C(=O)NCc2c(C)cc(C)[nH]c2=O)c1C)C1CCOCC1.CCN(c1sc(C2CCNC2)c(C(=O)NCc2c(C)cc(C)[nH]c2=O)c1C)C1CCOCC1. The predicted octanol–water partition coefficient (Wildman–Crippen LogP) is 6.42. The number of anilines is 2. The Balaban J connectivity index is 0.000000208. The lowest BCUT2D eigenvalue weighted by atomic mass is 9.99. The molecule has 2 unspecified atom stereocenters. The van der Waals surface area contributed by atoms with Gasteiger partial charge in [-0.15, -0.1) is 22.7 Å². The normalized spacial score (nSPS) is 19.2. The summed E-state index contributed by atoms with van der Waals surface area (Å²) in [7, 11) is -3.30. The van der Waals surface area contributed by atoms with Crippen LogP contribution >= 0.6 is 22.7 Å². The third kappa shape index (κ3) is 12.1. The van der Waals surface area contributed by atoms with E-state index >= 15 is 0 Å². The Labute approximate surface area is 421 Å². The van der Waals surface area contributed by atoms with Crippen LogP contribution < -0.4 is 36.9 Å². The molecule has 4 aliphatic heterocycles. The Hall–Kier alpha value is -4.37. The average molecular weight is 1020 g/mol. The van der Waals surface area contributed by atoms with Gasteiger partial charge in [-0.2, -0.15) is 0 Å². The number of hydrogen-bond acceptors (Lipinski definition) is 13. The van der Waals surface area contributed by atoms with Gasteiger partial charge in [0.25, 0.3) is 22.9 Å². The molecule has 384 valence electrons. The number of hydrogen-bond donors (Lipinski definition) is 5. The fraction of sp³-hybridized carbons (Fsp3) is 0.608. The molecule has 0 saturated carbocycles. The van der Waals surface area contributed by atoms with E-state index in [-0.39, 0.29) is 41.9 Å². The number of ether oxygens (including phenoxy) is 2. The number of carbonyl (C=O) groups is 2. The summed E-state index contributed by atoms with van der Waals surface area (Å²) in [5.74, 6) is -0.0125. The van der Waals surface area contributed by atoms with E-state index in [2.05, 4.69) is 56.5 Å². The Morgan fingerprint density at radius 1 is 0.700 bits per heavy atom. The van der Waals surface area contributed by atoms with E-state index < -0.39 is 10.0 Å². The van der Waals surface area contributed by atoms with Crippen LogP contribution in [0.3, 0.4) is 0 Å². The first-order chi connectivity index (χ1) is 33.4. The molecule has 0 aromatic carbocycles. The second-order valence-corrected chi connectivity index (χ2v) is 23.4. The van der Waals surface area contributed by atoms with Gasteiger partial charge in [-0.05, 0) is 135 Å². The summed E-state index contributed by atoms with van der Waals surface area (Å²) in [6, 6.07) is 4.62. The van der Waals surface area contributed by atoms with Crippen LogP contribution in [0, 0.1) is 41.5 Å². The highest BCUT2D eigenvalue weighted by molar-refractivity contribution is 7.88. The van der Waals surface area contributed by atoms with Crippen molar-refractivity contribution in [1.29, 1.82) is 0 Å². The van der Waals surface area contributed by atoms with Crippen molar-refractivity contribution >= 4 is 54.5 Å². The van der Waals surface area contributed by atoms with Crippen molar-refractivity contribution in [3.05, 3.63) is 98.5 Å². The van der Waals surface area contributed by atoms with E-state index in [9.17, 15) is 27.6 Å². The Morgan fingerprint density at radius 2 is 1.14 bits per heavy atom. The number of nitrogens with one attached hydrogen (secondary N) is 5. The maximum absolute atomic E-state index is 13.7. The molecule has 0 radical (unpaired) electrons. The number of H-pyrrole nitrogens is 2. The van der Waals surface area contributed by atoms with Crippen molar-refractivity contribution in [3.8, 4) is 0 Å². The number of amides is 2. The monoisotopic (exact) mass is 1020 g/mol. The van der Waals surface area contributed by atoms with E-state index in [1.165, 1.54) is 20.4 Å². The van der Waals surface area contributed by atoms with Gasteiger partial charge in [0.1, 0.15) is 0 Å². The quantitative estimate of drug-likeness (QED) is 0.0882. The van der Waals surface area contributed by atoms with Gasteiger partial charge in [0, 0.05) is 128 Å². The van der Waals surface area contributed by atoms with Gasteiger partial charge in [-0.3, -0.25) is 19.2 Å². The van der Waals surface area contributed by atoms with Gasteiger partial charge in [0.15, 0.2) is 0 Å². The number of aromatic amines is 2. The van der Waals surface area contributed by atoms with Crippen molar-refractivity contribution in [3.63, 3.8) is 0 Å². The van der Waals surface area contributed by atoms with E-state index in [1.807, 2.05) is 46.8 Å². The van der Waals surface area contributed by atoms with Crippen molar-refractivity contribution < 1.29 is 27.5 Å². The second kappa shape index (κ2) is 23.5. The molecule has 2 atom stereocenters. The molecule has 0 spiro atoms. The average Bonchev–Trinajstić information content (AvgIpc) is 4.15. The molecule has 0 bridgehead atoms. The van der Waals surface area contributed by atoms with Crippen molar-refractivity contribution in [2.45, 2.75) is 131 Å². The molecular weight excluding hydrogens is 949 g/mol. The number of rotatable bonds is 15. The van der Waals surface area contributed by atoms with Crippen LogP contribution in [0.5, 0.6) is 0 Å². The Morgan fingerprint density at radius 3 is 1.51 bits per heavy atom. The molecular formula is C51H74N8O8S3. The minimum atomic E-state index is -3.30. The fourth-order valence-electron chi connectivity index (χ4n) is 10.7. The highest BCUT2D eigenvalue weighted by Crippen LogP contribution is 2.45. The van der Waals surface area contributed by atoms with Gasteiger partial charge in [-0.1, -0.05) is 0 Å². The second-order valence-electron chi connectivity index (χ2n) is 19.3. The van der Waals surface area contributed by atoms with Crippen molar-refractivity contribution in [2.24, 2.45) is 0 Å². The summed E-state index contributed by atoms with van der Waals surface area (Å²) in [4.78, 5) is 64.8. The largest absolute Gasteiger partial charge is 0.381 e. The molecule has 4 aromatic heterocycles. The van der Waals surface area contributed by atoms with Crippen LogP contribution in [0.15, 0.2) is 21.7 Å². The predicted molar refractivity (Wildman–Crippen MR) is 281 cm³/mol. The summed E-state index contributed by atoms with van der Waals surface area (Å²) >= 11 is 3.40. The molecule has 4 aromatic rings. The minimum absolute atomic E-state index is 0.0502. The van der Waals surface area contributed by atoms with Crippen molar-refractivity contribution in [2.75, 3.05) is 81.8 Å². The first-order valence-electron chi connectivity index (χ1n) is 25.0. The fourth-order valence-corrected chi connectivity index (χ4v) is 14.7. The molecule has 2 amide bonds. The molecule has 19 heteroatoms. The lowest BCUT2D eigenvalue weighted by Gasteiger charge is -2.35. The van der Waals surface area contributed by atoms with Gasteiger partial charge in [0.05, 0.1) is 27.4 Å². The zero-order valence-electron chi connectivity index (χ0n) is 42.5. The van der Waals surface area contributed by atoms with E-state index in [1.54, 1.807) is 22.7 Å². The number of pyridine rings is 2. The molecule has 4 aliphatic rings. The Bertz CT molecular complexity index is 2730. The van der Waals surface area contributed by atoms with E-state index in [0.717, 1.165) is 134 Å². The number of carbonyl (C=O) groups excluding carboxylic acids is 2. The zero-order chi connectivity index (χ0) is 50.4. The highest BCUT2D eigenvalue weighted by Gasteiger charge is 2.37. The van der Waals surface area contributed by atoms with Crippen LogP contribution in [0.2, 0.25) is 0 Å². The smallest absolute Gasteiger partial charge is 0.253 e. The standard InChI is InChI=1S/C26H38N4O5S2.C25H36N4O3S/c1-6-30(20-8-11-35-12-9-20)26-18(4)22(23(36-26)19-7-10-29(15-19)37(5,33)34)25(32)27-14-21-16(2)13-17(3)28-24(21)31;1-5-29(19-7-10-32-11-8-19)25-17(4)21(22(33-25)18-6-9-26-13-18)24(31)27-14-20-15(2)12-16(3)28-23(20)30/h13,19-20H,6-12,14-15H2,1-5H3,(H,27,32)(H,28,31);12,18-19,26H,5-11,13-14H2,1-4H3,(H,27,31)(H,28,30). The molecule has 8 heterocycles. The maximum Gasteiger partial charge on any atom is 0.253 e. The summed E-state index contributed by atoms with van der Waals surface area (Å²) in [5, 5.41) is 11.8. The molecule has 4 fully saturated rings. The van der Waals surface area contributed by atoms with E-state index in [4.69, 9.17) is 9.47 Å². The third-order valence-corrected chi connectivity index (χ3v) is 18.7. The number of thiophene rings is 2. The number of aryl methyl sites for hydroxylation is 4. The first-order valence-corrected chi connectivity index (χ1v) is 28.5.